The van der Waals surface area contributed by atoms with Crippen molar-refractivity contribution in [1.82, 2.24) is 15.1 Å². The van der Waals surface area contributed by atoms with Gasteiger partial charge in [0, 0.05) is 13.1 Å². The first-order valence-corrected chi connectivity index (χ1v) is 9.44. The van der Waals surface area contributed by atoms with Crippen molar-refractivity contribution in [2.75, 3.05) is 19.7 Å². The third-order valence-corrected chi connectivity index (χ3v) is 5.26. The lowest BCUT2D eigenvalue weighted by atomic mass is 10.1. The molecule has 0 bridgehead atoms. The molecule has 28 heavy (non-hydrogen) atoms. The van der Waals surface area contributed by atoms with Crippen LogP contribution in [0.15, 0.2) is 0 Å². The van der Waals surface area contributed by atoms with Crippen molar-refractivity contribution in [3.05, 3.63) is 0 Å². The van der Waals surface area contributed by atoms with Crippen molar-refractivity contribution in [2.24, 2.45) is 11.5 Å². The normalized spacial score (nSPS) is 25.3. The van der Waals surface area contributed by atoms with Crippen LogP contribution in [0.5, 0.6) is 0 Å². The van der Waals surface area contributed by atoms with Crippen LogP contribution in [-0.2, 0) is 19.2 Å². The summed E-state index contributed by atoms with van der Waals surface area (Å²) < 4.78 is 0. The molecule has 0 aromatic carbocycles. The Morgan fingerprint density at radius 3 is 2.21 bits per heavy atom. The van der Waals surface area contributed by atoms with E-state index in [-0.39, 0.29) is 12.5 Å². The number of primary amides is 1. The number of carbonyl (C=O) groups excluding carboxylic acids is 4. The van der Waals surface area contributed by atoms with Crippen LogP contribution in [0.1, 0.15) is 32.6 Å². The second kappa shape index (κ2) is 9.30. The molecule has 0 aliphatic carbocycles. The minimum atomic E-state index is -1.30. The summed E-state index contributed by atoms with van der Waals surface area (Å²) in [6, 6.07) is -3.99. The van der Waals surface area contributed by atoms with Gasteiger partial charge in [0.2, 0.25) is 23.6 Å². The van der Waals surface area contributed by atoms with E-state index < -0.39 is 54.6 Å². The van der Waals surface area contributed by atoms with E-state index in [1.165, 1.54) is 16.7 Å². The maximum Gasteiger partial charge on any atom is 0.248 e. The number of nitrogens with two attached hydrogens (primary N) is 2. The molecule has 0 radical (unpaired) electrons. The van der Waals surface area contributed by atoms with Gasteiger partial charge in [-0.1, -0.05) is 0 Å². The molecule has 11 heteroatoms. The summed E-state index contributed by atoms with van der Waals surface area (Å²) in [5, 5.41) is 21.3. The van der Waals surface area contributed by atoms with E-state index in [1.54, 1.807) is 0 Å². The van der Waals surface area contributed by atoms with Gasteiger partial charge < -0.3 is 36.8 Å². The summed E-state index contributed by atoms with van der Waals surface area (Å²) in [5.41, 5.74) is 10.8. The second-order valence-corrected chi connectivity index (χ2v) is 7.30. The van der Waals surface area contributed by atoms with E-state index in [2.05, 4.69) is 5.32 Å². The van der Waals surface area contributed by atoms with Gasteiger partial charge in [-0.2, -0.15) is 0 Å². The second-order valence-electron chi connectivity index (χ2n) is 7.30. The predicted molar refractivity (Wildman–Crippen MR) is 97.3 cm³/mol. The number of aliphatic hydroxyl groups excluding tert-OH is 2. The van der Waals surface area contributed by atoms with Gasteiger partial charge in [0.05, 0.1) is 12.7 Å². The molecule has 7 N–H and O–H groups in total. The minimum absolute atomic E-state index is 0.287. The van der Waals surface area contributed by atoms with Crippen molar-refractivity contribution in [2.45, 2.75) is 62.9 Å². The molecule has 2 rings (SSSR count). The first-order valence-electron chi connectivity index (χ1n) is 9.44. The van der Waals surface area contributed by atoms with E-state index >= 15 is 0 Å². The molecular formula is C17H29N5O6. The van der Waals surface area contributed by atoms with Gasteiger partial charge in [0.25, 0.3) is 0 Å². The van der Waals surface area contributed by atoms with E-state index in [9.17, 15) is 24.3 Å². The van der Waals surface area contributed by atoms with E-state index in [1.807, 2.05) is 0 Å². The Hall–Kier alpha value is -2.24. The molecule has 0 spiro atoms. The molecule has 2 saturated heterocycles. The van der Waals surface area contributed by atoms with Crippen LogP contribution in [0, 0.1) is 0 Å². The molecule has 2 fully saturated rings. The Labute approximate surface area is 163 Å². The highest BCUT2D eigenvalue weighted by Gasteiger charge is 2.43. The van der Waals surface area contributed by atoms with Crippen LogP contribution in [0.25, 0.3) is 0 Å². The topological polar surface area (TPSA) is 179 Å². The average Bonchev–Trinajstić information content (AvgIpc) is 3.33. The van der Waals surface area contributed by atoms with Crippen molar-refractivity contribution < 1.29 is 29.4 Å². The Morgan fingerprint density at radius 1 is 1.11 bits per heavy atom. The fourth-order valence-corrected chi connectivity index (χ4v) is 3.72. The summed E-state index contributed by atoms with van der Waals surface area (Å²) in [7, 11) is 0. The van der Waals surface area contributed by atoms with Crippen molar-refractivity contribution in [1.29, 1.82) is 0 Å². The van der Waals surface area contributed by atoms with Gasteiger partial charge in [-0.3, -0.25) is 19.2 Å². The maximum atomic E-state index is 13.0. The lowest BCUT2D eigenvalue weighted by molar-refractivity contribution is -0.149. The zero-order valence-corrected chi connectivity index (χ0v) is 15.9. The molecule has 0 saturated carbocycles. The monoisotopic (exact) mass is 399 g/mol. The lowest BCUT2D eigenvalue weighted by Crippen LogP contribution is -2.60. The molecule has 5 atom stereocenters. The SMILES string of the molecule is C[C@@H](O)[C@H](NC(=O)[C@@H](N)CO)C(=O)N1CCC[C@@H]1C(=O)N1CCC[C@H]1C(N)=O. The van der Waals surface area contributed by atoms with Crippen LogP contribution in [-0.4, -0.2) is 93.6 Å². The fraction of sp³-hybridized carbons (Fsp3) is 0.765. The number of amides is 4. The van der Waals surface area contributed by atoms with Gasteiger partial charge >= 0.3 is 0 Å². The summed E-state index contributed by atoms with van der Waals surface area (Å²) >= 11 is 0. The van der Waals surface area contributed by atoms with Crippen LogP contribution < -0.4 is 16.8 Å². The highest BCUT2D eigenvalue weighted by molar-refractivity contribution is 5.95. The molecule has 2 aliphatic heterocycles. The standard InChI is InChI=1S/C17H29N5O6/c1-9(24)13(20-15(26)10(18)8-23)17(28)22-7-3-5-12(22)16(27)21-6-2-4-11(21)14(19)25/h9-13,23-24H,2-8,18H2,1H3,(H2,19,25)(H,20,26)/t9-,10+,11+,12-,13+/m1/s1. The predicted octanol–water partition coefficient (Wildman–Crippen LogP) is -3.36. The molecule has 11 nitrogen and oxygen atoms in total. The molecule has 4 amide bonds. The van der Waals surface area contributed by atoms with Gasteiger partial charge in [-0.15, -0.1) is 0 Å². The third kappa shape index (κ3) is 4.59. The number of nitrogens with one attached hydrogen (secondary N) is 1. The molecule has 158 valence electrons. The molecule has 0 aromatic rings. The zero-order chi connectivity index (χ0) is 21.0. The summed E-state index contributed by atoms with van der Waals surface area (Å²) in [5.74, 6) is -2.32. The molecule has 2 aliphatic rings. The van der Waals surface area contributed by atoms with Gasteiger partial charge in [0.1, 0.15) is 24.2 Å². The van der Waals surface area contributed by atoms with Gasteiger partial charge in [-0.25, -0.2) is 0 Å². The zero-order valence-electron chi connectivity index (χ0n) is 15.9. The van der Waals surface area contributed by atoms with E-state index in [4.69, 9.17) is 16.6 Å². The van der Waals surface area contributed by atoms with Crippen molar-refractivity contribution in [3.63, 3.8) is 0 Å². The molecular weight excluding hydrogens is 370 g/mol. The molecule has 2 heterocycles. The highest BCUT2D eigenvalue weighted by Crippen LogP contribution is 2.25. The molecule has 0 unspecified atom stereocenters. The van der Waals surface area contributed by atoms with Crippen molar-refractivity contribution in [3.8, 4) is 0 Å². The third-order valence-electron chi connectivity index (χ3n) is 5.26. The first-order chi connectivity index (χ1) is 13.2. The Balaban J connectivity index is 2.14. The van der Waals surface area contributed by atoms with Crippen LogP contribution in [0.4, 0.5) is 0 Å². The number of likely N-dealkylation sites (tertiary alicyclic amines) is 2. The lowest BCUT2D eigenvalue weighted by Gasteiger charge is -2.33. The van der Waals surface area contributed by atoms with E-state index in [0.717, 1.165) is 0 Å². The minimum Gasteiger partial charge on any atom is -0.394 e. The van der Waals surface area contributed by atoms with Crippen LogP contribution >= 0.6 is 0 Å². The average molecular weight is 399 g/mol. The van der Waals surface area contributed by atoms with Gasteiger partial charge in [-0.05, 0) is 32.6 Å². The number of hydrogen-bond acceptors (Lipinski definition) is 7. The number of nitrogens with zero attached hydrogens (tertiary/aromatic N) is 2. The summed E-state index contributed by atoms with van der Waals surface area (Å²) in [4.78, 5) is 52.2. The maximum absolute atomic E-state index is 13.0. The van der Waals surface area contributed by atoms with E-state index in [0.29, 0.717) is 32.2 Å². The van der Waals surface area contributed by atoms with Crippen LogP contribution in [0.2, 0.25) is 0 Å². The first kappa shape index (κ1) is 22.1. The van der Waals surface area contributed by atoms with Crippen molar-refractivity contribution >= 4 is 23.6 Å². The summed E-state index contributed by atoms with van der Waals surface area (Å²) in [6.45, 7) is 1.41. The number of hydrogen-bond donors (Lipinski definition) is 5. The van der Waals surface area contributed by atoms with Gasteiger partial charge in [0.15, 0.2) is 0 Å². The van der Waals surface area contributed by atoms with Crippen LogP contribution in [0.3, 0.4) is 0 Å². The largest absolute Gasteiger partial charge is 0.394 e. The smallest absolute Gasteiger partial charge is 0.248 e. The number of rotatable bonds is 7. The molecule has 0 aromatic heterocycles. The number of aliphatic hydroxyl groups is 2. The highest BCUT2D eigenvalue weighted by atomic mass is 16.3. The fourth-order valence-electron chi connectivity index (χ4n) is 3.72. The Kier molecular flexibility index (Phi) is 7.33. The quantitative estimate of drug-likeness (QED) is 0.296. The Bertz CT molecular complexity index is 627. The Morgan fingerprint density at radius 2 is 1.68 bits per heavy atom. The number of carbonyl (C=O) groups is 4. The summed E-state index contributed by atoms with van der Waals surface area (Å²) in [6.07, 6.45) is 0.916.